The van der Waals surface area contributed by atoms with Crippen molar-refractivity contribution in [3.63, 3.8) is 0 Å². The van der Waals surface area contributed by atoms with E-state index in [1.807, 2.05) is 0 Å². The Morgan fingerprint density at radius 1 is 1.33 bits per heavy atom. The topological polar surface area (TPSA) is 28.2 Å². The predicted octanol–water partition coefficient (Wildman–Crippen LogP) is 3.38. The number of nitrogens with zero attached hydrogens (tertiary/aromatic N) is 2. The number of likely N-dealkylation sites (N-methyl/N-ethyl adjacent to an activating group) is 1. The molecule has 3 atom stereocenters. The van der Waals surface area contributed by atoms with E-state index in [2.05, 4.69) is 61.2 Å². The molecule has 3 unspecified atom stereocenters. The lowest BCUT2D eigenvalue weighted by molar-refractivity contribution is 0.118. The van der Waals surface area contributed by atoms with Gasteiger partial charge in [-0.3, -0.25) is 9.88 Å². The van der Waals surface area contributed by atoms with Gasteiger partial charge in [-0.1, -0.05) is 19.9 Å². The van der Waals surface area contributed by atoms with E-state index >= 15 is 0 Å². The van der Waals surface area contributed by atoms with Gasteiger partial charge < -0.3 is 5.32 Å². The van der Waals surface area contributed by atoms with Gasteiger partial charge in [0.1, 0.15) is 0 Å². The highest BCUT2D eigenvalue weighted by molar-refractivity contribution is 5.10. The van der Waals surface area contributed by atoms with Crippen LogP contribution in [0.4, 0.5) is 0 Å². The van der Waals surface area contributed by atoms with Crippen LogP contribution in [0.1, 0.15) is 50.9 Å². The van der Waals surface area contributed by atoms with E-state index in [-0.39, 0.29) is 0 Å². The standard InChI is InChI=1S/C18H31N3/c1-5-11-19-17-10-9-14(2)12-18(17)21(4)13-16-8-6-7-15(3)20-16/h6-8,14,17-19H,5,9-13H2,1-4H3. The maximum atomic E-state index is 4.65. The molecule has 1 saturated carbocycles. The summed E-state index contributed by atoms with van der Waals surface area (Å²) in [4.78, 5) is 7.16. The van der Waals surface area contributed by atoms with Crippen molar-refractivity contribution in [1.29, 1.82) is 0 Å². The van der Waals surface area contributed by atoms with Gasteiger partial charge in [-0.25, -0.2) is 0 Å². The van der Waals surface area contributed by atoms with E-state index in [0.717, 1.165) is 24.7 Å². The number of aryl methyl sites for hydroxylation is 1. The molecule has 1 N–H and O–H groups in total. The van der Waals surface area contributed by atoms with Crippen LogP contribution in [0.3, 0.4) is 0 Å². The van der Waals surface area contributed by atoms with Crippen molar-refractivity contribution in [2.24, 2.45) is 5.92 Å². The second kappa shape index (κ2) is 7.90. The fraction of sp³-hybridized carbons (Fsp3) is 0.722. The molecular weight excluding hydrogens is 258 g/mol. The Morgan fingerprint density at radius 2 is 2.14 bits per heavy atom. The highest BCUT2D eigenvalue weighted by Gasteiger charge is 2.31. The number of hydrogen-bond acceptors (Lipinski definition) is 3. The highest BCUT2D eigenvalue weighted by Crippen LogP contribution is 2.28. The van der Waals surface area contributed by atoms with E-state index in [0.29, 0.717) is 12.1 Å². The molecule has 1 aromatic heterocycles. The Bertz CT molecular complexity index is 430. The lowest BCUT2D eigenvalue weighted by Gasteiger charge is -2.41. The lowest BCUT2D eigenvalue weighted by atomic mass is 9.82. The van der Waals surface area contributed by atoms with Gasteiger partial charge in [-0.2, -0.15) is 0 Å². The van der Waals surface area contributed by atoms with Crippen LogP contribution < -0.4 is 5.32 Å². The molecule has 0 radical (unpaired) electrons. The smallest absolute Gasteiger partial charge is 0.0547 e. The molecule has 0 aliphatic heterocycles. The summed E-state index contributed by atoms with van der Waals surface area (Å²) in [6, 6.07) is 7.59. The first-order valence-electron chi connectivity index (χ1n) is 8.46. The average Bonchev–Trinajstić information content (AvgIpc) is 2.46. The van der Waals surface area contributed by atoms with Gasteiger partial charge in [-0.05, 0) is 64.3 Å². The van der Waals surface area contributed by atoms with Crippen LogP contribution in [0.2, 0.25) is 0 Å². The largest absolute Gasteiger partial charge is 0.312 e. The molecular formula is C18H31N3. The molecule has 1 aliphatic rings. The monoisotopic (exact) mass is 289 g/mol. The molecule has 1 heterocycles. The van der Waals surface area contributed by atoms with Gasteiger partial charge >= 0.3 is 0 Å². The maximum Gasteiger partial charge on any atom is 0.0547 e. The van der Waals surface area contributed by atoms with Crippen molar-refractivity contribution < 1.29 is 0 Å². The number of nitrogens with one attached hydrogen (secondary N) is 1. The zero-order valence-corrected chi connectivity index (χ0v) is 14.1. The molecule has 0 aromatic carbocycles. The van der Waals surface area contributed by atoms with E-state index in [1.165, 1.54) is 31.4 Å². The third-order valence-electron chi connectivity index (χ3n) is 4.66. The number of rotatable bonds is 6. The van der Waals surface area contributed by atoms with Crippen molar-refractivity contribution in [1.82, 2.24) is 15.2 Å². The van der Waals surface area contributed by atoms with Crippen LogP contribution in [0, 0.1) is 12.8 Å². The summed E-state index contributed by atoms with van der Waals surface area (Å²) in [6.45, 7) is 8.78. The van der Waals surface area contributed by atoms with Crippen LogP contribution in [0.25, 0.3) is 0 Å². The number of pyridine rings is 1. The summed E-state index contributed by atoms with van der Waals surface area (Å²) in [5.41, 5.74) is 2.29. The molecule has 0 bridgehead atoms. The molecule has 1 aliphatic carbocycles. The molecule has 0 spiro atoms. The van der Waals surface area contributed by atoms with Crippen LogP contribution in [-0.4, -0.2) is 35.6 Å². The minimum Gasteiger partial charge on any atom is -0.312 e. The zero-order valence-electron chi connectivity index (χ0n) is 14.1. The van der Waals surface area contributed by atoms with E-state index in [4.69, 9.17) is 0 Å². The Kier molecular flexibility index (Phi) is 6.19. The maximum absolute atomic E-state index is 4.65. The van der Waals surface area contributed by atoms with Crippen molar-refractivity contribution >= 4 is 0 Å². The Balaban J connectivity index is 2.00. The summed E-state index contributed by atoms with van der Waals surface area (Å²) in [5.74, 6) is 0.836. The van der Waals surface area contributed by atoms with Crippen molar-refractivity contribution in [2.45, 2.75) is 65.1 Å². The first kappa shape index (κ1) is 16.4. The Labute approximate surface area is 130 Å². The Hall–Kier alpha value is -0.930. The summed E-state index contributed by atoms with van der Waals surface area (Å²) in [6.07, 6.45) is 5.16. The summed E-state index contributed by atoms with van der Waals surface area (Å²) in [7, 11) is 2.26. The quantitative estimate of drug-likeness (QED) is 0.870. The normalized spacial score (nSPS) is 26.2. The SMILES string of the molecule is CCCNC1CCC(C)CC1N(C)Cc1cccc(C)n1. The van der Waals surface area contributed by atoms with Gasteiger partial charge in [0.05, 0.1) is 5.69 Å². The molecule has 3 nitrogen and oxygen atoms in total. The molecule has 3 heteroatoms. The van der Waals surface area contributed by atoms with Crippen LogP contribution >= 0.6 is 0 Å². The van der Waals surface area contributed by atoms with Crippen molar-refractivity contribution in [3.05, 3.63) is 29.6 Å². The second-order valence-corrected chi connectivity index (χ2v) is 6.73. The molecule has 1 fully saturated rings. The first-order chi connectivity index (χ1) is 10.1. The first-order valence-corrected chi connectivity index (χ1v) is 8.46. The van der Waals surface area contributed by atoms with E-state index < -0.39 is 0 Å². The highest BCUT2D eigenvalue weighted by atomic mass is 15.2. The summed E-state index contributed by atoms with van der Waals surface area (Å²) in [5, 5.41) is 3.76. The van der Waals surface area contributed by atoms with Gasteiger partial charge in [0.2, 0.25) is 0 Å². The number of aromatic nitrogens is 1. The molecule has 118 valence electrons. The minimum atomic E-state index is 0.627. The zero-order chi connectivity index (χ0) is 15.2. The summed E-state index contributed by atoms with van der Waals surface area (Å²) < 4.78 is 0. The fourth-order valence-corrected chi connectivity index (χ4v) is 3.47. The third kappa shape index (κ3) is 4.79. The van der Waals surface area contributed by atoms with E-state index in [1.54, 1.807) is 0 Å². The van der Waals surface area contributed by atoms with Crippen LogP contribution in [-0.2, 0) is 6.54 Å². The Morgan fingerprint density at radius 3 is 2.86 bits per heavy atom. The van der Waals surface area contributed by atoms with Gasteiger partial charge in [0.25, 0.3) is 0 Å². The van der Waals surface area contributed by atoms with Gasteiger partial charge in [-0.15, -0.1) is 0 Å². The van der Waals surface area contributed by atoms with Gasteiger partial charge in [0, 0.05) is 24.3 Å². The van der Waals surface area contributed by atoms with Crippen LogP contribution in [0.5, 0.6) is 0 Å². The van der Waals surface area contributed by atoms with Crippen LogP contribution in [0.15, 0.2) is 18.2 Å². The average molecular weight is 289 g/mol. The molecule has 1 aromatic rings. The lowest BCUT2D eigenvalue weighted by Crippen LogP contribution is -2.51. The van der Waals surface area contributed by atoms with Crippen molar-refractivity contribution in [3.8, 4) is 0 Å². The number of hydrogen-bond donors (Lipinski definition) is 1. The molecule has 2 rings (SSSR count). The van der Waals surface area contributed by atoms with Crippen molar-refractivity contribution in [2.75, 3.05) is 13.6 Å². The van der Waals surface area contributed by atoms with Gasteiger partial charge in [0.15, 0.2) is 0 Å². The fourth-order valence-electron chi connectivity index (χ4n) is 3.47. The predicted molar refractivity (Wildman–Crippen MR) is 89.3 cm³/mol. The third-order valence-corrected chi connectivity index (χ3v) is 4.66. The molecule has 21 heavy (non-hydrogen) atoms. The minimum absolute atomic E-state index is 0.627. The molecule has 0 amide bonds. The second-order valence-electron chi connectivity index (χ2n) is 6.73. The van der Waals surface area contributed by atoms with E-state index in [9.17, 15) is 0 Å². The summed E-state index contributed by atoms with van der Waals surface area (Å²) >= 11 is 0. The molecule has 0 saturated heterocycles.